The summed E-state index contributed by atoms with van der Waals surface area (Å²) in [5.41, 5.74) is 11.2. The van der Waals surface area contributed by atoms with Crippen LogP contribution in [0.1, 0.15) is 58.2 Å². The van der Waals surface area contributed by atoms with E-state index in [0.717, 1.165) is 28.7 Å². The first kappa shape index (κ1) is 26.6. The first-order valence-corrected chi connectivity index (χ1v) is 12.7. The predicted molar refractivity (Wildman–Crippen MR) is 149 cm³/mol. The van der Waals surface area contributed by atoms with Crippen LogP contribution in [0.3, 0.4) is 0 Å². The molecule has 1 unspecified atom stereocenters. The molecule has 0 saturated heterocycles. The van der Waals surface area contributed by atoms with Crippen molar-refractivity contribution in [2.75, 3.05) is 13.1 Å². The van der Waals surface area contributed by atoms with E-state index in [0.29, 0.717) is 53.9 Å². The molecule has 1 amide bonds. The largest absolute Gasteiger partial charge is 0.618 e. The van der Waals surface area contributed by atoms with Crippen LogP contribution < -0.4 is 10.5 Å². The van der Waals surface area contributed by atoms with Crippen molar-refractivity contribution in [1.29, 1.82) is 0 Å². The van der Waals surface area contributed by atoms with Gasteiger partial charge in [0.2, 0.25) is 11.2 Å². The van der Waals surface area contributed by atoms with Gasteiger partial charge in [0.25, 0.3) is 5.91 Å². The number of rotatable bonds is 9. The van der Waals surface area contributed by atoms with Crippen molar-refractivity contribution in [3.8, 4) is 0 Å². The van der Waals surface area contributed by atoms with Crippen LogP contribution in [0.2, 0.25) is 0 Å². The van der Waals surface area contributed by atoms with Crippen LogP contribution in [0.25, 0.3) is 11.0 Å². The van der Waals surface area contributed by atoms with Gasteiger partial charge in [0, 0.05) is 18.2 Å². The first-order chi connectivity index (χ1) is 17.6. The van der Waals surface area contributed by atoms with Gasteiger partial charge in [0.15, 0.2) is 0 Å². The number of halogens is 1. The van der Waals surface area contributed by atoms with Crippen LogP contribution >= 0.6 is 12.4 Å². The highest BCUT2D eigenvalue weighted by Crippen LogP contribution is 2.45. The maximum absolute atomic E-state index is 13.9. The monoisotopic (exact) mass is 516 g/mol. The molecule has 1 aliphatic carbocycles. The van der Waals surface area contributed by atoms with Gasteiger partial charge < -0.3 is 15.8 Å². The molecular weight excluding hydrogens is 484 g/mol. The summed E-state index contributed by atoms with van der Waals surface area (Å²) in [6.07, 6.45) is 3.14. The summed E-state index contributed by atoms with van der Waals surface area (Å²) in [5, 5.41) is 13.8. The van der Waals surface area contributed by atoms with Crippen LogP contribution in [0, 0.1) is 18.0 Å². The van der Waals surface area contributed by atoms with E-state index in [1.807, 2.05) is 90.7 Å². The molecule has 2 N–H and O–H groups in total. The molecule has 0 aliphatic heterocycles. The lowest BCUT2D eigenvalue weighted by molar-refractivity contribution is -0.586. The normalized spacial score (nSPS) is 13.7. The zero-order chi connectivity index (χ0) is 25.1. The molecule has 1 fully saturated rings. The second-order valence-electron chi connectivity index (χ2n) is 9.68. The summed E-state index contributed by atoms with van der Waals surface area (Å²) >= 11 is 0. The fourth-order valence-electron chi connectivity index (χ4n) is 4.89. The summed E-state index contributed by atoms with van der Waals surface area (Å²) < 4.78 is 1.03. The van der Waals surface area contributed by atoms with E-state index < -0.39 is 0 Å². The van der Waals surface area contributed by atoms with E-state index in [-0.39, 0.29) is 30.3 Å². The van der Waals surface area contributed by atoms with E-state index in [2.05, 4.69) is 0 Å². The van der Waals surface area contributed by atoms with E-state index in [9.17, 15) is 10.0 Å². The topological polar surface area (TPSA) is 86.2 Å². The van der Waals surface area contributed by atoms with E-state index >= 15 is 0 Å². The number of nitrogens with two attached hydrogens (primary N) is 1. The summed E-state index contributed by atoms with van der Waals surface area (Å²) in [6, 6.07) is 24.8. The molecule has 1 saturated carbocycles. The van der Waals surface area contributed by atoms with Crippen LogP contribution in [0.4, 0.5) is 0 Å². The van der Waals surface area contributed by atoms with Crippen LogP contribution in [0.5, 0.6) is 0 Å². The van der Waals surface area contributed by atoms with Crippen molar-refractivity contribution < 1.29 is 9.52 Å². The fraction of sp³-hybridized carbons (Fsp3) is 0.300. The lowest BCUT2D eigenvalue weighted by Gasteiger charge is -2.32. The van der Waals surface area contributed by atoms with Crippen molar-refractivity contribution in [2.24, 2.45) is 11.7 Å². The third-order valence-electron chi connectivity index (χ3n) is 6.94. The Kier molecular flexibility index (Phi) is 8.41. The molecule has 0 bridgehead atoms. The van der Waals surface area contributed by atoms with Gasteiger partial charge in [-0.1, -0.05) is 60.2 Å². The van der Waals surface area contributed by atoms with Crippen molar-refractivity contribution >= 4 is 29.3 Å². The molecule has 7 heteroatoms. The Hall–Kier alpha value is -3.48. The van der Waals surface area contributed by atoms with E-state index in [1.54, 1.807) is 0 Å². The Morgan fingerprint density at radius 3 is 2.41 bits per heavy atom. The predicted octanol–water partition coefficient (Wildman–Crippen LogP) is 5.13. The van der Waals surface area contributed by atoms with Gasteiger partial charge >= 0.3 is 0 Å². The number of carbonyl (C=O) groups is 1. The second kappa shape index (κ2) is 11.7. The van der Waals surface area contributed by atoms with Gasteiger partial charge in [0.1, 0.15) is 11.2 Å². The molecule has 192 valence electrons. The van der Waals surface area contributed by atoms with Gasteiger partial charge in [0.05, 0.1) is 12.5 Å². The molecule has 4 aromatic rings. The number of amides is 1. The van der Waals surface area contributed by atoms with E-state index in [4.69, 9.17) is 10.7 Å². The molecule has 1 aliphatic rings. The number of carbonyl (C=O) groups excluding carboxylic acids is 1. The number of hydrogen-bond donors (Lipinski definition) is 1. The Bertz CT molecular complexity index is 1360. The third-order valence-corrected chi connectivity index (χ3v) is 6.94. The van der Waals surface area contributed by atoms with Gasteiger partial charge in [-0.2, -0.15) is 4.73 Å². The quantitative estimate of drug-likeness (QED) is 0.247. The highest BCUT2D eigenvalue weighted by molar-refractivity contribution is 5.94. The minimum absolute atomic E-state index is 0. The molecule has 1 heterocycles. The van der Waals surface area contributed by atoms with Gasteiger partial charge in [-0.15, -0.1) is 12.4 Å². The SMILES string of the molecule is Cc1ccc(C(=O)N(CCCN)C(c2nc3ccccc3[n+]([O-])c2Cc2ccccc2)C2CC2)cc1.Cl. The summed E-state index contributed by atoms with van der Waals surface area (Å²) in [6.45, 7) is 3.01. The Morgan fingerprint density at radius 2 is 1.73 bits per heavy atom. The van der Waals surface area contributed by atoms with Crippen molar-refractivity contribution in [1.82, 2.24) is 9.88 Å². The highest BCUT2D eigenvalue weighted by atomic mass is 35.5. The standard InChI is InChI=1S/C30H32N4O2.ClH/c1-21-12-14-24(15-13-21)30(35)33(19-7-18-31)29(23-16-17-23)28-27(20-22-8-3-2-4-9-22)34(36)26-11-6-5-10-25(26)32-28;/h2-6,8-15,23,29H,7,16-20,31H2,1H3;1H. The van der Waals surface area contributed by atoms with Crippen molar-refractivity contribution in [2.45, 2.75) is 38.6 Å². The summed E-state index contributed by atoms with van der Waals surface area (Å²) in [5.74, 6) is 0.221. The number of hydrogen-bond acceptors (Lipinski definition) is 4. The number of aryl methyl sites for hydroxylation is 1. The molecule has 37 heavy (non-hydrogen) atoms. The average Bonchev–Trinajstić information content (AvgIpc) is 3.74. The Morgan fingerprint density at radius 1 is 1.05 bits per heavy atom. The number of fused-ring (bicyclic) bond motifs is 1. The van der Waals surface area contributed by atoms with Gasteiger partial charge in [-0.25, -0.2) is 4.98 Å². The summed E-state index contributed by atoms with van der Waals surface area (Å²) in [4.78, 5) is 20.9. The van der Waals surface area contributed by atoms with Gasteiger partial charge in [-0.05, 0) is 62.4 Å². The maximum atomic E-state index is 13.9. The smallest absolute Gasteiger partial charge is 0.254 e. The Labute approximate surface area is 224 Å². The fourth-order valence-corrected chi connectivity index (χ4v) is 4.89. The molecule has 5 rings (SSSR count). The minimum Gasteiger partial charge on any atom is -0.618 e. The molecule has 3 aromatic carbocycles. The number of aromatic nitrogens is 2. The van der Waals surface area contributed by atoms with Crippen LogP contribution in [-0.4, -0.2) is 28.9 Å². The lowest BCUT2D eigenvalue weighted by Crippen LogP contribution is -2.42. The Balaban J connectivity index is 0.00000320. The number of benzene rings is 3. The zero-order valence-electron chi connectivity index (χ0n) is 21.0. The van der Waals surface area contributed by atoms with Gasteiger partial charge in [-0.3, -0.25) is 4.79 Å². The van der Waals surface area contributed by atoms with Crippen LogP contribution in [-0.2, 0) is 6.42 Å². The van der Waals surface area contributed by atoms with Crippen molar-refractivity contribution in [3.05, 3.63) is 112 Å². The maximum Gasteiger partial charge on any atom is 0.254 e. The summed E-state index contributed by atoms with van der Waals surface area (Å²) in [7, 11) is 0. The molecule has 1 atom stereocenters. The minimum atomic E-state index is -0.283. The van der Waals surface area contributed by atoms with E-state index in [1.165, 1.54) is 0 Å². The molecule has 0 radical (unpaired) electrons. The third kappa shape index (κ3) is 5.76. The molecular formula is C30H33ClN4O2. The molecule has 0 spiro atoms. The molecule has 1 aromatic heterocycles. The zero-order valence-corrected chi connectivity index (χ0v) is 21.9. The number of para-hydroxylation sites is 2. The average molecular weight is 517 g/mol. The lowest BCUT2D eigenvalue weighted by atomic mass is 9.98. The molecule has 6 nitrogen and oxygen atoms in total. The highest BCUT2D eigenvalue weighted by Gasteiger charge is 2.43. The van der Waals surface area contributed by atoms with Crippen molar-refractivity contribution in [3.63, 3.8) is 0 Å². The van der Waals surface area contributed by atoms with Crippen LogP contribution in [0.15, 0.2) is 78.9 Å². The number of nitrogens with zero attached hydrogens (tertiary/aromatic N) is 3. The second-order valence-corrected chi connectivity index (χ2v) is 9.68. The first-order valence-electron chi connectivity index (χ1n) is 12.7.